The Morgan fingerprint density at radius 2 is 1.76 bits per heavy atom. The van der Waals surface area contributed by atoms with E-state index in [1.807, 2.05) is 38.1 Å². The maximum atomic E-state index is 12.8. The summed E-state index contributed by atoms with van der Waals surface area (Å²) in [4.78, 5) is 24.1. The molecule has 3 aromatic carbocycles. The van der Waals surface area contributed by atoms with E-state index in [4.69, 9.17) is 9.47 Å². The zero-order valence-corrected chi connectivity index (χ0v) is 22.2. The van der Waals surface area contributed by atoms with Crippen LogP contribution in [0.25, 0.3) is 0 Å². The lowest BCUT2D eigenvalue weighted by atomic mass is 10.2. The molecule has 7 nitrogen and oxygen atoms in total. The minimum Gasteiger partial charge on any atom is -0.490 e. The lowest BCUT2D eigenvalue weighted by Gasteiger charge is -2.15. The van der Waals surface area contributed by atoms with Gasteiger partial charge in [0, 0.05) is 5.69 Å². The molecule has 2 N–H and O–H groups in total. The van der Waals surface area contributed by atoms with E-state index in [0.29, 0.717) is 34.7 Å². The van der Waals surface area contributed by atoms with Crippen LogP contribution in [0.1, 0.15) is 35.6 Å². The number of aryl methyl sites for hydroxylation is 1. The Kier molecular flexibility index (Phi) is 9.89. The third-order valence-electron chi connectivity index (χ3n) is 5.03. The van der Waals surface area contributed by atoms with Gasteiger partial charge < -0.3 is 14.8 Å². The predicted octanol–water partition coefficient (Wildman–Crippen LogP) is 6.23. The molecule has 0 radical (unpaired) electrons. The molecule has 0 saturated heterocycles. The predicted molar refractivity (Wildman–Crippen MR) is 141 cm³/mol. The number of carbonyl (C=O) groups excluding carboxylic acids is 2. The third kappa shape index (κ3) is 8.62. The maximum Gasteiger partial charge on any atom is 0.416 e. The second-order valence-corrected chi connectivity index (χ2v) is 8.99. The van der Waals surface area contributed by atoms with Gasteiger partial charge >= 0.3 is 6.18 Å². The number of hydrazone groups is 1. The van der Waals surface area contributed by atoms with Crippen LogP contribution in [-0.4, -0.2) is 24.6 Å². The molecule has 11 heteroatoms. The topological polar surface area (TPSA) is 89.0 Å². The van der Waals surface area contributed by atoms with Gasteiger partial charge in [-0.15, -0.1) is 0 Å². The summed E-state index contributed by atoms with van der Waals surface area (Å²) in [5, 5.41) is 6.12. The average Bonchev–Trinajstić information content (AvgIpc) is 2.84. The lowest BCUT2D eigenvalue weighted by molar-refractivity contribution is -0.137. The summed E-state index contributed by atoms with van der Waals surface area (Å²) in [5.74, 6) is -0.538. The van der Waals surface area contributed by atoms with E-state index in [1.54, 1.807) is 12.1 Å². The van der Waals surface area contributed by atoms with Crippen molar-refractivity contribution in [3.05, 3.63) is 87.4 Å². The summed E-state index contributed by atoms with van der Waals surface area (Å²) in [7, 11) is 0. The number of anilines is 1. The first-order valence-electron chi connectivity index (χ1n) is 11.5. The van der Waals surface area contributed by atoms with E-state index < -0.39 is 30.0 Å². The summed E-state index contributed by atoms with van der Waals surface area (Å²) < 4.78 is 50.7. The van der Waals surface area contributed by atoms with Crippen LogP contribution < -0.4 is 20.2 Å². The van der Waals surface area contributed by atoms with Gasteiger partial charge in [-0.3, -0.25) is 9.59 Å². The van der Waals surface area contributed by atoms with E-state index in [-0.39, 0.29) is 5.69 Å². The van der Waals surface area contributed by atoms with Crippen molar-refractivity contribution in [3.8, 4) is 11.5 Å². The zero-order valence-electron chi connectivity index (χ0n) is 20.6. The van der Waals surface area contributed by atoms with Gasteiger partial charge in [0.2, 0.25) is 11.8 Å². The van der Waals surface area contributed by atoms with Crippen molar-refractivity contribution in [1.82, 2.24) is 5.43 Å². The molecule has 0 aromatic heterocycles. The highest BCUT2D eigenvalue weighted by atomic mass is 79.9. The SMILES string of the molecule is CCOc1cc(C=NNC(=O)CC(=O)Nc2cccc(C(F)(F)F)c2)cc(Br)c1OCc1ccc(C)cc1. The van der Waals surface area contributed by atoms with E-state index >= 15 is 0 Å². The van der Waals surface area contributed by atoms with Crippen LogP contribution in [0.2, 0.25) is 0 Å². The Hall–Kier alpha value is -3.86. The molecule has 38 heavy (non-hydrogen) atoms. The second kappa shape index (κ2) is 13.1. The molecule has 200 valence electrons. The van der Waals surface area contributed by atoms with Gasteiger partial charge in [0.15, 0.2) is 11.5 Å². The minimum absolute atomic E-state index is 0.0703. The van der Waals surface area contributed by atoms with E-state index in [0.717, 1.165) is 29.3 Å². The van der Waals surface area contributed by atoms with Gasteiger partial charge in [-0.2, -0.15) is 18.3 Å². The molecular formula is C27H25BrF3N3O4. The summed E-state index contributed by atoms with van der Waals surface area (Å²) in [5.41, 5.74) is 3.97. The van der Waals surface area contributed by atoms with Crippen molar-refractivity contribution in [3.63, 3.8) is 0 Å². The van der Waals surface area contributed by atoms with Gasteiger partial charge in [0.25, 0.3) is 0 Å². The maximum absolute atomic E-state index is 12.8. The fraction of sp³-hybridized carbons (Fsp3) is 0.222. The van der Waals surface area contributed by atoms with Crippen molar-refractivity contribution >= 4 is 39.6 Å². The fourth-order valence-electron chi connectivity index (χ4n) is 3.25. The van der Waals surface area contributed by atoms with Gasteiger partial charge in [0.05, 0.1) is 22.9 Å². The molecule has 0 atom stereocenters. The number of rotatable bonds is 10. The number of nitrogens with one attached hydrogen (secondary N) is 2. The summed E-state index contributed by atoms with van der Waals surface area (Å²) >= 11 is 3.48. The molecular weight excluding hydrogens is 567 g/mol. The van der Waals surface area contributed by atoms with Crippen LogP contribution in [0.4, 0.5) is 18.9 Å². The molecule has 0 heterocycles. The van der Waals surface area contributed by atoms with Crippen molar-refractivity contribution in [2.45, 2.75) is 33.1 Å². The number of hydrogen-bond donors (Lipinski definition) is 2. The number of ether oxygens (including phenoxy) is 2. The van der Waals surface area contributed by atoms with Gasteiger partial charge in [-0.25, -0.2) is 5.43 Å². The van der Waals surface area contributed by atoms with Crippen LogP contribution in [0, 0.1) is 6.92 Å². The first-order chi connectivity index (χ1) is 18.0. The Bertz CT molecular complexity index is 1310. The Morgan fingerprint density at radius 3 is 2.45 bits per heavy atom. The number of halogens is 4. The average molecular weight is 592 g/mol. The van der Waals surface area contributed by atoms with Crippen molar-refractivity contribution in [2.24, 2.45) is 5.10 Å². The first-order valence-corrected chi connectivity index (χ1v) is 12.3. The first kappa shape index (κ1) is 28.7. The molecule has 0 bridgehead atoms. The summed E-state index contributed by atoms with van der Waals surface area (Å²) in [6, 6.07) is 15.5. The second-order valence-electron chi connectivity index (χ2n) is 8.13. The van der Waals surface area contributed by atoms with Crippen molar-refractivity contribution < 1.29 is 32.2 Å². The summed E-state index contributed by atoms with van der Waals surface area (Å²) in [6.45, 7) is 4.58. The molecule has 3 aromatic rings. The van der Waals surface area contributed by atoms with E-state index in [9.17, 15) is 22.8 Å². The highest BCUT2D eigenvalue weighted by Gasteiger charge is 2.30. The fourth-order valence-corrected chi connectivity index (χ4v) is 3.82. The number of carbonyl (C=O) groups is 2. The number of nitrogens with zero attached hydrogens (tertiary/aromatic N) is 1. The minimum atomic E-state index is -4.55. The van der Waals surface area contributed by atoms with Gasteiger partial charge in [0.1, 0.15) is 13.0 Å². The Morgan fingerprint density at radius 1 is 1.03 bits per heavy atom. The van der Waals surface area contributed by atoms with E-state index in [2.05, 4.69) is 31.8 Å². The third-order valence-corrected chi connectivity index (χ3v) is 5.62. The Balaban J connectivity index is 1.58. The van der Waals surface area contributed by atoms with Crippen LogP contribution >= 0.6 is 15.9 Å². The molecule has 0 aliphatic carbocycles. The van der Waals surface area contributed by atoms with Crippen LogP contribution in [-0.2, 0) is 22.4 Å². The lowest BCUT2D eigenvalue weighted by Crippen LogP contribution is -2.24. The Labute approximate surface area is 226 Å². The largest absolute Gasteiger partial charge is 0.490 e. The van der Waals surface area contributed by atoms with Gasteiger partial charge in [-0.05, 0) is 71.2 Å². The number of benzene rings is 3. The molecule has 0 saturated carbocycles. The van der Waals surface area contributed by atoms with Crippen LogP contribution in [0.3, 0.4) is 0 Å². The molecule has 0 aliphatic rings. The van der Waals surface area contributed by atoms with E-state index in [1.165, 1.54) is 12.3 Å². The highest BCUT2D eigenvalue weighted by Crippen LogP contribution is 2.37. The molecule has 3 rings (SSSR count). The molecule has 0 fully saturated rings. The quantitative estimate of drug-likeness (QED) is 0.166. The normalized spacial score (nSPS) is 11.3. The molecule has 2 amide bonds. The zero-order chi connectivity index (χ0) is 27.7. The smallest absolute Gasteiger partial charge is 0.416 e. The summed E-state index contributed by atoms with van der Waals surface area (Å²) in [6.07, 6.45) is -3.82. The van der Waals surface area contributed by atoms with Crippen molar-refractivity contribution in [2.75, 3.05) is 11.9 Å². The molecule has 0 spiro atoms. The van der Waals surface area contributed by atoms with Crippen LogP contribution in [0.15, 0.2) is 70.2 Å². The number of alkyl halides is 3. The van der Waals surface area contributed by atoms with Crippen LogP contribution in [0.5, 0.6) is 11.5 Å². The number of hydrogen-bond acceptors (Lipinski definition) is 5. The monoisotopic (exact) mass is 591 g/mol. The molecule has 0 unspecified atom stereocenters. The standard InChI is InChI=1S/C27H25BrF3N3O4/c1-3-37-23-12-19(11-22(28)26(23)38-16-18-9-7-17(2)8-10-18)15-32-34-25(36)14-24(35)33-21-6-4-5-20(13-21)27(29,30)31/h4-13,15H,3,14,16H2,1-2H3,(H,33,35)(H,34,36). The molecule has 0 aliphatic heterocycles. The number of amides is 2. The van der Waals surface area contributed by atoms with Gasteiger partial charge in [-0.1, -0.05) is 35.9 Å². The highest BCUT2D eigenvalue weighted by molar-refractivity contribution is 9.10. The van der Waals surface area contributed by atoms with Crippen molar-refractivity contribution in [1.29, 1.82) is 0 Å².